The van der Waals surface area contributed by atoms with Gasteiger partial charge in [-0.15, -0.1) is 0 Å². The standard InChI is InChI=1S/C17H17Cl2NO2/c1-11-6-7-15(22-2)12(10-11)8-9-20-17(21)13-4-3-5-14(18)16(13)19/h3-7,10H,8-9H2,1-2H3,(H,20,21). The summed E-state index contributed by atoms with van der Waals surface area (Å²) in [6.07, 6.45) is 0.675. The van der Waals surface area contributed by atoms with Crippen LogP contribution in [0.1, 0.15) is 21.5 Å². The summed E-state index contributed by atoms with van der Waals surface area (Å²) in [6.45, 7) is 2.51. The van der Waals surface area contributed by atoms with Gasteiger partial charge in [0, 0.05) is 6.54 Å². The summed E-state index contributed by atoms with van der Waals surface area (Å²) in [7, 11) is 1.64. The number of benzene rings is 2. The first-order valence-electron chi connectivity index (χ1n) is 6.88. The Morgan fingerprint density at radius 2 is 2.00 bits per heavy atom. The molecule has 22 heavy (non-hydrogen) atoms. The second-order valence-corrected chi connectivity index (χ2v) is 5.71. The minimum Gasteiger partial charge on any atom is -0.496 e. The van der Waals surface area contributed by atoms with E-state index in [1.807, 2.05) is 19.1 Å². The number of methoxy groups -OCH3 is 1. The fraction of sp³-hybridized carbons (Fsp3) is 0.235. The molecule has 0 atom stereocenters. The molecule has 0 bridgehead atoms. The molecule has 2 rings (SSSR count). The molecule has 0 fully saturated rings. The van der Waals surface area contributed by atoms with Gasteiger partial charge in [-0.25, -0.2) is 0 Å². The van der Waals surface area contributed by atoms with Crippen molar-refractivity contribution in [2.75, 3.05) is 13.7 Å². The molecule has 3 nitrogen and oxygen atoms in total. The highest BCUT2D eigenvalue weighted by Gasteiger charge is 2.12. The van der Waals surface area contributed by atoms with Crippen molar-refractivity contribution >= 4 is 29.1 Å². The third-order valence-corrected chi connectivity index (χ3v) is 4.13. The fourth-order valence-corrected chi connectivity index (χ4v) is 2.57. The number of nitrogens with one attached hydrogen (secondary N) is 1. The molecule has 0 saturated heterocycles. The minimum absolute atomic E-state index is 0.237. The van der Waals surface area contributed by atoms with Crippen molar-refractivity contribution < 1.29 is 9.53 Å². The summed E-state index contributed by atoms with van der Waals surface area (Å²) in [6, 6.07) is 11.0. The number of hydrogen-bond donors (Lipinski definition) is 1. The molecule has 0 aromatic heterocycles. The zero-order valence-electron chi connectivity index (χ0n) is 12.5. The molecule has 0 spiro atoms. The lowest BCUT2D eigenvalue weighted by molar-refractivity contribution is 0.0954. The van der Waals surface area contributed by atoms with Crippen molar-refractivity contribution in [1.29, 1.82) is 0 Å². The fourth-order valence-electron chi connectivity index (χ4n) is 2.19. The highest BCUT2D eigenvalue weighted by Crippen LogP contribution is 2.25. The van der Waals surface area contributed by atoms with E-state index in [-0.39, 0.29) is 10.9 Å². The predicted molar refractivity (Wildman–Crippen MR) is 90.2 cm³/mol. The van der Waals surface area contributed by atoms with Crippen LogP contribution in [0.15, 0.2) is 36.4 Å². The first kappa shape index (κ1) is 16.7. The van der Waals surface area contributed by atoms with Gasteiger partial charge in [0.25, 0.3) is 5.91 Å². The van der Waals surface area contributed by atoms with Gasteiger partial charge in [-0.3, -0.25) is 4.79 Å². The molecule has 2 aromatic carbocycles. The molecule has 5 heteroatoms. The van der Waals surface area contributed by atoms with Crippen LogP contribution in [0.3, 0.4) is 0 Å². The minimum atomic E-state index is -0.237. The number of ether oxygens (including phenoxy) is 1. The van der Waals surface area contributed by atoms with Crippen LogP contribution in [0.25, 0.3) is 0 Å². The van der Waals surface area contributed by atoms with E-state index in [1.54, 1.807) is 25.3 Å². The lowest BCUT2D eigenvalue weighted by atomic mass is 10.1. The predicted octanol–water partition coefficient (Wildman–Crippen LogP) is 4.28. The molecule has 0 saturated carbocycles. The van der Waals surface area contributed by atoms with Crippen molar-refractivity contribution in [3.8, 4) is 5.75 Å². The third-order valence-electron chi connectivity index (χ3n) is 3.31. The van der Waals surface area contributed by atoms with Crippen LogP contribution in [-0.2, 0) is 6.42 Å². The van der Waals surface area contributed by atoms with E-state index in [2.05, 4.69) is 11.4 Å². The first-order chi connectivity index (χ1) is 10.5. The summed E-state index contributed by atoms with van der Waals surface area (Å²) < 4.78 is 5.33. The average molecular weight is 338 g/mol. The van der Waals surface area contributed by atoms with Crippen LogP contribution in [0.2, 0.25) is 10.0 Å². The van der Waals surface area contributed by atoms with Crippen LogP contribution in [-0.4, -0.2) is 19.6 Å². The van der Waals surface area contributed by atoms with Gasteiger partial charge in [0.1, 0.15) is 5.75 Å². The van der Waals surface area contributed by atoms with Gasteiger partial charge >= 0.3 is 0 Å². The zero-order valence-corrected chi connectivity index (χ0v) is 14.0. The number of hydrogen-bond acceptors (Lipinski definition) is 2. The molecule has 116 valence electrons. The number of carbonyl (C=O) groups is 1. The van der Waals surface area contributed by atoms with E-state index < -0.39 is 0 Å². The second-order valence-electron chi connectivity index (χ2n) is 4.92. The van der Waals surface area contributed by atoms with Gasteiger partial charge in [-0.2, -0.15) is 0 Å². The Morgan fingerprint density at radius 3 is 2.73 bits per heavy atom. The summed E-state index contributed by atoms with van der Waals surface area (Å²) >= 11 is 12.0. The van der Waals surface area contributed by atoms with Crippen LogP contribution >= 0.6 is 23.2 Å². The van der Waals surface area contributed by atoms with E-state index in [1.165, 1.54) is 0 Å². The molecule has 0 unspecified atom stereocenters. The summed E-state index contributed by atoms with van der Waals surface area (Å²) in [5, 5.41) is 3.49. The zero-order chi connectivity index (χ0) is 16.1. The number of aryl methyl sites for hydroxylation is 1. The molecular formula is C17H17Cl2NO2. The van der Waals surface area contributed by atoms with E-state index >= 15 is 0 Å². The molecule has 0 aliphatic rings. The maximum Gasteiger partial charge on any atom is 0.252 e. The topological polar surface area (TPSA) is 38.3 Å². The second kappa shape index (κ2) is 7.52. The molecular weight excluding hydrogens is 321 g/mol. The summed E-state index contributed by atoms with van der Waals surface area (Å²) in [5.41, 5.74) is 2.59. The SMILES string of the molecule is COc1ccc(C)cc1CCNC(=O)c1cccc(Cl)c1Cl. The van der Waals surface area contributed by atoms with E-state index in [0.717, 1.165) is 16.9 Å². The Labute approximate surface area is 140 Å². The highest BCUT2D eigenvalue weighted by molar-refractivity contribution is 6.43. The maximum atomic E-state index is 12.1. The Kier molecular flexibility index (Phi) is 5.69. The van der Waals surface area contributed by atoms with Gasteiger partial charge in [-0.1, -0.05) is 47.0 Å². The van der Waals surface area contributed by atoms with Crippen molar-refractivity contribution in [2.45, 2.75) is 13.3 Å². The molecule has 0 aliphatic heterocycles. The van der Waals surface area contributed by atoms with Gasteiger partial charge in [0.15, 0.2) is 0 Å². The van der Waals surface area contributed by atoms with E-state index in [4.69, 9.17) is 27.9 Å². The quantitative estimate of drug-likeness (QED) is 0.884. The van der Waals surface area contributed by atoms with Crippen molar-refractivity contribution in [3.63, 3.8) is 0 Å². The summed E-state index contributed by atoms with van der Waals surface area (Å²) in [4.78, 5) is 12.1. The number of amides is 1. The van der Waals surface area contributed by atoms with Crippen molar-refractivity contribution in [1.82, 2.24) is 5.32 Å². The molecule has 1 amide bonds. The monoisotopic (exact) mass is 337 g/mol. The Hall–Kier alpha value is -1.71. The highest BCUT2D eigenvalue weighted by atomic mass is 35.5. The number of carbonyl (C=O) groups excluding carboxylic acids is 1. The van der Waals surface area contributed by atoms with Gasteiger partial charge < -0.3 is 10.1 Å². The van der Waals surface area contributed by atoms with Gasteiger partial charge in [0.2, 0.25) is 0 Å². The van der Waals surface area contributed by atoms with Gasteiger partial charge in [0.05, 0.1) is 22.7 Å². The van der Waals surface area contributed by atoms with Crippen molar-refractivity contribution in [2.24, 2.45) is 0 Å². The Morgan fingerprint density at radius 1 is 1.23 bits per heavy atom. The van der Waals surface area contributed by atoms with Crippen molar-refractivity contribution in [3.05, 3.63) is 63.1 Å². The summed E-state index contributed by atoms with van der Waals surface area (Å²) in [5.74, 6) is 0.583. The average Bonchev–Trinajstić information content (AvgIpc) is 2.50. The Bertz CT molecular complexity index is 686. The number of rotatable bonds is 5. The molecule has 1 N–H and O–H groups in total. The van der Waals surface area contributed by atoms with E-state index in [0.29, 0.717) is 23.6 Å². The smallest absolute Gasteiger partial charge is 0.252 e. The third kappa shape index (κ3) is 3.93. The lowest BCUT2D eigenvalue weighted by Crippen LogP contribution is -2.26. The maximum absolute atomic E-state index is 12.1. The van der Waals surface area contributed by atoms with Crippen LogP contribution < -0.4 is 10.1 Å². The molecule has 0 radical (unpaired) electrons. The van der Waals surface area contributed by atoms with E-state index in [9.17, 15) is 4.79 Å². The van der Waals surface area contributed by atoms with Crippen LogP contribution in [0, 0.1) is 6.92 Å². The lowest BCUT2D eigenvalue weighted by Gasteiger charge is -2.11. The largest absolute Gasteiger partial charge is 0.496 e. The van der Waals surface area contributed by atoms with Crippen LogP contribution in [0.5, 0.6) is 5.75 Å². The molecule has 0 aliphatic carbocycles. The Balaban J connectivity index is 2.01. The normalized spacial score (nSPS) is 10.4. The first-order valence-corrected chi connectivity index (χ1v) is 7.64. The molecule has 2 aromatic rings. The molecule has 0 heterocycles. The van der Waals surface area contributed by atoms with Crippen LogP contribution in [0.4, 0.5) is 0 Å². The van der Waals surface area contributed by atoms with Gasteiger partial charge in [-0.05, 0) is 37.1 Å². The number of halogens is 2.